The van der Waals surface area contributed by atoms with Crippen molar-refractivity contribution < 1.29 is 28.1 Å². The molecule has 264 valence electrons. The number of carbonyl (C=O) groups excluding carboxylic acids is 1. The minimum absolute atomic E-state index is 0.00700. The van der Waals surface area contributed by atoms with Crippen LogP contribution in [-0.2, 0) is 22.3 Å². The molecule has 11 nitrogen and oxygen atoms in total. The van der Waals surface area contributed by atoms with Gasteiger partial charge in [0.2, 0.25) is 5.95 Å². The highest BCUT2D eigenvalue weighted by molar-refractivity contribution is 6.35. The van der Waals surface area contributed by atoms with E-state index < -0.39 is 11.8 Å². The van der Waals surface area contributed by atoms with Crippen LogP contribution in [0.4, 0.5) is 15.1 Å². The lowest BCUT2D eigenvalue weighted by atomic mass is 9.95. The van der Waals surface area contributed by atoms with Gasteiger partial charge in [0.05, 0.1) is 17.6 Å². The summed E-state index contributed by atoms with van der Waals surface area (Å²) in [4.78, 5) is 34.0. The Morgan fingerprint density at radius 3 is 2.61 bits per heavy atom. The number of nitrogens with zero attached hydrogens (tertiary/aromatic N) is 6. The Kier molecular flexibility index (Phi) is 9.49. The number of methoxy groups -OCH3 is 1. The van der Waals surface area contributed by atoms with Gasteiger partial charge in [-0.15, -0.1) is 0 Å². The fourth-order valence-corrected chi connectivity index (χ4v) is 8.43. The van der Waals surface area contributed by atoms with Crippen molar-refractivity contribution >= 4 is 34.4 Å². The largest absolute Gasteiger partial charge is 0.468 e. The van der Waals surface area contributed by atoms with Gasteiger partial charge in [0.25, 0.3) is 0 Å². The summed E-state index contributed by atoms with van der Waals surface area (Å²) in [5.41, 5.74) is 0.107. The minimum Gasteiger partial charge on any atom is -0.468 e. The van der Waals surface area contributed by atoms with Gasteiger partial charge in [0, 0.05) is 50.0 Å². The molecule has 0 aliphatic carbocycles. The van der Waals surface area contributed by atoms with Crippen LogP contribution in [0.2, 0.25) is 5.02 Å². The number of aryl methyl sites for hydroxylation is 2. The molecule has 0 N–H and O–H groups in total. The monoisotopic (exact) mass is 696 g/mol. The maximum atomic E-state index is 14.5. The molecular formula is C36H46ClFN6O5. The molecule has 0 radical (unpaired) electrons. The third kappa shape index (κ3) is 7.23. The van der Waals surface area contributed by atoms with Crippen molar-refractivity contribution in [3.8, 4) is 11.8 Å². The van der Waals surface area contributed by atoms with Crippen LogP contribution in [0.25, 0.3) is 10.8 Å². The molecule has 49 heavy (non-hydrogen) atoms. The highest BCUT2D eigenvalue weighted by Crippen LogP contribution is 2.40. The summed E-state index contributed by atoms with van der Waals surface area (Å²) in [6.07, 6.45) is 4.12. The predicted molar refractivity (Wildman–Crippen MR) is 184 cm³/mol. The summed E-state index contributed by atoms with van der Waals surface area (Å²) < 4.78 is 37.6. The number of hydrogen-bond donors (Lipinski definition) is 0. The number of rotatable bonds is 10. The van der Waals surface area contributed by atoms with Crippen molar-refractivity contribution in [3.05, 3.63) is 46.7 Å². The van der Waals surface area contributed by atoms with Crippen molar-refractivity contribution in [2.24, 2.45) is 0 Å². The minimum atomic E-state index is -0.851. The summed E-state index contributed by atoms with van der Waals surface area (Å²) >= 11 is 6.71. The van der Waals surface area contributed by atoms with Crippen LogP contribution in [0.15, 0.2) is 30.3 Å². The maximum absolute atomic E-state index is 14.5. The Morgan fingerprint density at radius 2 is 1.86 bits per heavy atom. The SMILES string of the molecule is COCOc1cc(CCc2nc(OC[C@@]34CCCN3C[C@H](F)C4)nc(N3C[C@H]4CC[C@@H](C3)N4C(=O)OC(C)(C)C)n2)c2c(Cl)cccc2c1. The van der Waals surface area contributed by atoms with E-state index in [1.807, 2.05) is 56.0 Å². The lowest BCUT2D eigenvalue weighted by molar-refractivity contribution is 0.0122. The van der Waals surface area contributed by atoms with Crippen molar-refractivity contribution in [1.29, 1.82) is 0 Å². The van der Waals surface area contributed by atoms with Gasteiger partial charge in [-0.05, 0) is 88.6 Å². The third-order valence-corrected chi connectivity index (χ3v) is 10.5. The Hall–Kier alpha value is -3.48. The first kappa shape index (κ1) is 34.0. The van der Waals surface area contributed by atoms with Gasteiger partial charge < -0.3 is 23.8 Å². The van der Waals surface area contributed by atoms with Gasteiger partial charge in [-0.3, -0.25) is 9.80 Å². The van der Waals surface area contributed by atoms with E-state index in [0.29, 0.717) is 68.0 Å². The van der Waals surface area contributed by atoms with Crippen LogP contribution >= 0.6 is 11.6 Å². The molecule has 13 heteroatoms. The second kappa shape index (κ2) is 13.7. The summed E-state index contributed by atoms with van der Waals surface area (Å²) in [5.74, 6) is 1.80. The Balaban J connectivity index is 1.16. The van der Waals surface area contributed by atoms with E-state index >= 15 is 0 Å². The fraction of sp³-hybridized carbons (Fsp3) is 0.611. The van der Waals surface area contributed by atoms with Crippen LogP contribution in [0.5, 0.6) is 11.8 Å². The Morgan fingerprint density at radius 1 is 1.06 bits per heavy atom. The molecular weight excluding hydrogens is 651 g/mol. The number of alkyl halides is 1. The van der Waals surface area contributed by atoms with Gasteiger partial charge in [0.15, 0.2) is 6.79 Å². The third-order valence-electron chi connectivity index (χ3n) is 10.2. The van der Waals surface area contributed by atoms with E-state index in [2.05, 4.69) is 9.80 Å². The van der Waals surface area contributed by atoms with Gasteiger partial charge in [-0.2, -0.15) is 15.0 Å². The second-order valence-electron chi connectivity index (χ2n) is 14.8. The van der Waals surface area contributed by atoms with Crippen LogP contribution < -0.4 is 14.4 Å². The Bertz CT molecular complexity index is 1680. The molecule has 4 saturated heterocycles. The normalized spacial score (nSPS) is 25.2. The molecule has 1 aromatic heterocycles. The number of halogens is 2. The Labute approximate surface area is 292 Å². The van der Waals surface area contributed by atoms with Gasteiger partial charge >= 0.3 is 12.1 Å². The van der Waals surface area contributed by atoms with E-state index in [-0.39, 0.29) is 36.5 Å². The first-order valence-electron chi connectivity index (χ1n) is 17.4. The summed E-state index contributed by atoms with van der Waals surface area (Å²) in [6, 6.07) is 10.00. The number of anilines is 1. The number of ether oxygens (including phenoxy) is 4. The topological polar surface area (TPSA) is 102 Å². The lowest BCUT2D eigenvalue weighted by Crippen LogP contribution is -2.57. The smallest absolute Gasteiger partial charge is 0.410 e. The van der Waals surface area contributed by atoms with Crippen LogP contribution in [-0.4, -0.2) is 107 Å². The molecule has 2 bridgehead atoms. The van der Waals surface area contributed by atoms with E-state index in [1.165, 1.54) is 0 Å². The predicted octanol–water partition coefficient (Wildman–Crippen LogP) is 5.99. The number of aromatic nitrogens is 3. The first-order valence-corrected chi connectivity index (χ1v) is 17.7. The van der Waals surface area contributed by atoms with Gasteiger partial charge in [0.1, 0.15) is 30.0 Å². The number of hydrogen-bond acceptors (Lipinski definition) is 10. The zero-order valence-electron chi connectivity index (χ0n) is 28.8. The maximum Gasteiger partial charge on any atom is 0.410 e. The molecule has 1 amide bonds. The van der Waals surface area contributed by atoms with E-state index in [4.69, 9.17) is 45.5 Å². The standard InChI is InChI=1S/C36H46ClFN6O5/c1-35(2,3)49-34(45)44-26-10-11-27(44)20-42(19-26)32-39-30(40-33(41-32)47-21-36-13-6-14-43(36)18-25(38)17-36)12-9-24-16-28(48-22-46-4)15-23-7-5-8-29(37)31(23)24/h5,7-8,15-16,25-27H,6,9-14,17-22H2,1-4H3/t25-,26-,27+,36+/m1/s1. The van der Waals surface area contributed by atoms with Crippen LogP contribution in [0, 0.1) is 0 Å². The molecule has 2 aromatic carbocycles. The molecule has 0 spiro atoms. The molecule has 3 aromatic rings. The summed E-state index contributed by atoms with van der Waals surface area (Å²) in [7, 11) is 1.59. The first-order chi connectivity index (χ1) is 23.5. The van der Waals surface area contributed by atoms with E-state index in [9.17, 15) is 9.18 Å². The second-order valence-corrected chi connectivity index (χ2v) is 15.3. The van der Waals surface area contributed by atoms with E-state index in [0.717, 1.165) is 48.6 Å². The average Bonchev–Trinajstić information content (AvgIpc) is 3.67. The van der Waals surface area contributed by atoms with Crippen molar-refractivity contribution in [3.63, 3.8) is 0 Å². The van der Waals surface area contributed by atoms with Crippen LogP contribution in [0.3, 0.4) is 0 Å². The highest BCUT2D eigenvalue weighted by atomic mass is 35.5. The zero-order chi connectivity index (χ0) is 34.3. The molecule has 0 unspecified atom stereocenters. The molecule has 4 aliphatic rings. The van der Waals surface area contributed by atoms with Gasteiger partial charge in [-0.1, -0.05) is 23.7 Å². The highest BCUT2D eigenvalue weighted by Gasteiger charge is 2.50. The lowest BCUT2D eigenvalue weighted by Gasteiger charge is -2.41. The molecule has 4 atom stereocenters. The molecule has 7 rings (SSSR count). The van der Waals surface area contributed by atoms with E-state index in [1.54, 1.807) is 7.11 Å². The number of amides is 1. The average molecular weight is 697 g/mol. The molecule has 4 aliphatic heterocycles. The molecule has 5 heterocycles. The fourth-order valence-electron chi connectivity index (χ4n) is 8.12. The molecule has 4 fully saturated rings. The van der Waals surface area contributed by atoms with Gasteiger partial charge in [-0.25, -0.2) is 9.18 Å². The number of fused-ring (bicyclic) bond motifs is 4. The number of carbonyl (C=O) groups is 1. The van der Waals surface area contributed by atoms with Crippen molar-refractivity contribution in [1.82, 2.24) is 24.8 Å². The summed E-state index contributed by atoms with van der Waals surface area (Å²) in [5, 5.41) is 2.59. The summed E-state index contributed by atoms with van der Waals surface area (Å²) in [6.45, 7) is 8.62. The molecule has 0 saturated carbocycles. The number of benzene rings is 2. The zero-order valence-corrected chi connectivity index (χ0v) is 29.5. The van der Waals surface area contributed by atoms with Crippen molar-refractivity contribution in [2.45, 2.75) is 95.1 Å². The van der Waals surface area contributed by atoms with Crippen LogP contribution in [0.1, 0.15) is 64.3 Å². The quantitative estimate of drug-likeness (QED) is 0.235. The number of piperazine rings is 1. The van der Waals surface area contributed by atoms with Crippen molar-refractivity contribution in [2.75, 3.05) is 51.6 Å².